The normalized spacial score (nSPS) is 12.3. The number of hydrogen-bond donors (Lipinski definition) is 1. The molecule has 0 saturated heterocycles. The van der Waals surface area contributed by atoms with Crippen molar-refractivity contribution < 1.29 is 4.21 Å². The molecule has 1 heterocycles. The molecule has 2 N–H and O–H groups in total. The molecule has 0 saturated carbocycles. The van der Waals surface area contributed by atoms with Crippen molar-refractivity contribution >= 4 is 28.1 Å². The molecule has 0 spiro atoms. The quantitative estimate of drug-likeness (QED) is 0.876. The monoisotopic (exact) mass is 280 g/mol. The van der Waals surface area contributed by atoms with Crippen molar-refractivity contribution in [2.24, 2.45) is 0 Å². The molecule has 2 rings (SSSR count). The third kappa shape index (κ3) is 3.31. The van der Waals surface area contributed by atoms with Crippen LogP contribution in [0, 0.1) is 0 Å². The minimum Gasteiger partial charge on any atom is -0.399 e. The SMILES string of the molecule is Nc1ccc(Cl)c(S(=O)CCc2ccccn2)c1. The van der Waals surface area contributed by atoms with Gasteiger partial charge in [0.15, 0.2) is 0 Å². The highest BCUT2D eigenvalue weighted by molar-refractivity contribution is 7.85. The third-order valence-electron chi connectivity index (χ3n) is 2.47. The number of hydrogen-bond acceptors (Lipinski definition) is 3. The molecule has 3 nitrogen and oxygen atoms in total. The van der Waals surface area contributed by atoms with Gasteiger partial charge in [-0.05, 0) is 30.3 Å². The van der Waals surface area contributed by atoms with Crippen molar-refractivity contribution in [3.05, 3.63) is 53.3 Å². The summed E-state index contributed by atoms with van der Waals surface area (Å²) in [6.45, 7) is 0. The summed E-state index contributed by atoms with van der Waals surface area (Å²) in [4.78, 5) is 4.78. The predicted octanol–water partition coefficient (Wildman–Crippen LogP) is 2.67. The average molecular weight is 281 g/mol. The molecule has 0 aliphatic rings. The molecular weight excluding hydrogens is 268 g/mol. The second kappa shape index (κ2) is 5.98. The van der Waals surface area contributed by atoms with E-state index in [2.05, 4.69) is 4.98 Å². The number of aromatic nitrogens is 1. The zero-order valence-corrected chi connectivity index (χ0v) is 11.2. The van der Waals surface area contributed by atoms with Gasteiger partial charge < -0.3 is 5.73 Å². The van der Waals surface area contributed by atoms with E-state index in [9.17, 15) is 4.21 Å². The molecule has 94 valence electrons. The largest absolute Gasteiger partial charge is 0.399 e. The molecule has 5 heteroatoms. The number of halogens is 1. The Morgan fingerprint density at radius 1 is 1.28 bits per heavy atom. The van der Waals surface area contributed by atoms with E-state index < -0.39 is 10.8 Å². The first-order chi connectivity index (χ1) is 8.66. The first-order valence-electron chi connectivity index (χ1n) is 5.50. The maximum Gasteiger partial charge on any atom is 0.0594 e. The highest BCUT2D eigenvalue weighted by Gasteiger charge is 2.09. The lowest BCUT2D eigenvalue weighted by Crippen LogP contribution is -2.04. The van der Waals surface area contributed by atoms with Crippen molar-refractivity contribution in [2.45, 2.75) is 11.3 Å². The Morgan fingerprint density at radius 2 is 2.11 bits per heavy atom. The Hall–Kier alpha value is -1.39. The maximum atomic E-state index is 12.1. The van der Waals surface area contributed by atoms with Crippen LogP contribution in [0.1, 0.15) is 5.69 Å². The van der Waals surface area contributed by atoms with E-state index in [0.717, 1.165) is 5.69 Å². The van der Waals surface area contributed by atoms with Gasteiger partial charge in [0.05, 0.1) is 20.7 Å². The molecule has 2 aromatic rings. The van der Waals surface area contributed by atoms with Gasteiger partial charge in [0.2, 0.25) is 0 Å². The fourth-order valence-corrected chi connectivity index (χ4v) is 3.09. The van der Waals surface area contributed by atoms with Gasteiger partial charge in [0, 0.05) is 29.8 Å². The maximum absolute atomic E-state index is 12.1. The number of aryl methyl sites for hydroxylation is 1. The Labute approximate surface area is 113 Å². The molecule has 18 heavy (non-hydrogen) atoms. The number of nitrogens with zero attached hydrogens (tertiary/aromatic N) is 1. The van der Waals surface area contributed by atoms with Crippen molar-refractivity contribution in [3.63, 3.8) is 0 Å². The Bertz CT molecular complexity index is 560. The standard InChI is InChI=1S/C13H13ClN2OS/c14-12-5-4-10(15)9-13(12)18(17)8-6-11-3-1-2-7-16-11/h1-5,7,9H,6,8,15H2. The molecule has 1 aromatic heterocycles. The van der Waals surface area contributed by atoms with E-state index in [1.165, 1.54) is 0 Å². The molecule has 0 aliphatic carbocycles. The molecule has 1 unspecified atom stereocenters. The molecule has 0 amide bonds. The topological polar surface area (TPSA) is 56.0 Å². The van der Waals surface area contributed by atoms with Gasteiger partial charge in [-0.1, -0.05) is 17.7 Å². The smallest absolute Gasteiger partial charge is 0.0594 e. The zero-order valence-electron chi connectivity index (χ0n) is 9.67. The summed E-state index contributed by atoms with van der Waals surface area (Å²) in [7, 11) is -1.16. The summed E-state index contributed by atoms with van der Waals surface area (Å²) in [6, 6.07) is 10.7. The van der Waals surface area contributed by atoms with Gasteiger partial charge in [-0.25, -0.2) is 0 Å². The van der Waals surface area contributed by atoms with Gasteiger partial charge in [0.25, 0.3) is 0 Å². The number of anilines is 1. The number of rotatable bonds is 4. The summed E-state index contributed by atoms with van der Waals surface area (Å²) in [5.74, 6) is 0.486. The fourth-order valence-electron chi connectivity index (χ4n) is 1.55. The van der Waals surface area contributed by atoms with E-state index in [1.54, 1.807) is 24.4 Å². The third-order valence-corrected chi connectivity index (χ3v) is 4.32. The van der Waals surface area contributed by atoms with E-state index in [-0.39, 0.29) is 0 Å². The summed E-state index contributed by atoms with van der Waals surface area (Å²) in [5.41, 5.74) is 7.16. The van der Waals surface area contributed by atoms with E-state index in [4.69, 9.17) is 17.3 Å². The van der Waals surface area contributed by atoms with Crippen LogP contribution in [0.15, 0.2) is 47.5 Å². The Kier molecular flexibility index (Phi) is 4.33. The number of pyridine rings is 1. The van der Waals surface area contributed by atoms with Gasteiger partial charge in [-0.15, -0.1) is 0 Å². The van der Waals surface area contributed by atoms with Gasteiger partial charge >= 0.3 is 0 Å². The average Bonchev–Trinajstić information content (AvgIpc) is 2.40. The van der Waals surface area contributed by atoms with Crippen LogP contribution in [0.25, 0.3) is 0 Å². The van der Waals surface area contributed by atoms with E-state index >= 15 is 0 Å². The minimum atomic E-state index is -1.16. The molecule has 1 aromatic carbocycles. The zero-order chi connectivity index (χ0) is 13.0. The van der Waals surface area contributed by atoms with Crippen LogP contribution >= 0.6 is 11.6 Å². The van der Waals surface area contributed by atoms with Crippen molar-refractivity contribution in [3.8, 4) is 0 Å². The molecule has 0 aliphatic heterocycles. The lowest BCUT2D eigenvalue weighted by molar-refractivity contribution is 0.682. The first-order valence-corrected chi connectivity index (χ1v) is 7.20. The van der Waals surface area contributed by atoms with Crippen LogP contribution in [-0.2, 0) is 17.2 Å². The fraction of sp³-hybridized carbons (Fsp3) is 0.154. The lowest BCUT2D eigenvalue weighted by Gasteiger charge is -2.05. The van der Waals surface area contributed by atoms with Gasteiger partial charge in [-0.3, -0.25) is 9.19 Å². The van der Waals surface area contributed by atoms with E-state index in [1.807, 2.05) is 18.2 Å². The van der Waals surface area contributed by atoms with Gasteiger partial charge in [0.1, 0.15) is 0 Å². The van der Waals surface area contributed by atoms with Crippen molar-refractivity contribution in [1.82, 2.24) is 4.98 Å². The lowest BCUT2D eigenvalue weighted by atomic mass is 10.3. The van der Waals surface area contributed by atoms with Crippen LogP contribution in [0.4, 0.5) is 5.69 Å². The Morgan fingerprint density at radius 3 is 2.83 bits per heavy atom. The number of nitrogen functional groups attached to an aromatic ring is 1. The van der Waals surface area contributed by atoms with Gasteiger partial charge in [-0.2, -0.15) is 0 Å². The second-order valence-electron chi connectivity index (χ2n) is 3.81. The van der Waals surface area contributed by atoms with Crippen LogP contribution < -0.4 is 5.73 Å². The summed E-state index contributed by atoms with van der Waals surface area (Å²) in [5, 5.41) is 0.489. The molecule has 0 bridgehead atoms. The van der Waals surface area contributed by atoms with Crippen molar-refractivity contribution in [1.29, 1.82) is 0 Å². The predicted molar refractivity (Wildman–Crippen MR) is 75.1 cm³/mol. The molecule has 0 radical (unpaired) electrons. The second-order valence-corrected chi connectivity index (χ2v) is 5.76. The van der Waals surface area contributed by atoms with Crippen molar-refractivity contribution in [2.75, 3.05) is 11.5 Å². The highest BCUT2D eigenvalue weighted by Crippen LogP contribution is 2.22. The summed E-state index contributed by atoms with van der Waals surface area (Å²) < 4.78 is 12.1. The highest BCUT2D eigenvalue weighted by atomic mass is 35.5. The van der Waals surface area contributed by atoms with Crippen LogP contribution in [0.3, 0.4) is 0 Å². The summed E-state index contributed by atoms with van der Waals surface area (Å²) >= 11 is 6.01. The summed E-state index contributed by atoms with van der Waals surface area (Å²) in [6.07, 6.45) is 2.38. The molecule has 0 fully saturated rings. The molecular formula is C13H13ClN2OS. The van der Waals surface area contributed by atoms with Crippen LogP contribution in [-0.4, -0.2) is 14.9 Å². The van der Waals surface area contributed by atoms with Crippen LogP contribution in [0.2, 0.25) is 5.02 Å². The Balaban J connectivity index is 2.06. The minimum absolute atomic E-state index is 0.486. The first kappa shape index (κ1) is 13.1. The number of nitrogens with two attached hydrogens (primary N) is 1. The van der Waals surface area contributed by atoms with Crippen LogP contribution in [0.5, 0.6) is 0 Å². The molecule has 1 atom stereocenters. The van der Waals surface area contributed by atoms with E-state index in [0.29, 0.717) is 27.8 Å². The number of benzene rings is 1.